The van der Waals surface area contributed by atoms with Gasteiger partial charge < -0.3 is 61.0 Å². The van der Waals surface area contributed by atoms with Crippen molar-refractivity contribution >= 4 is 48.0 Å². The summed E-state index contributed by atoms with van der Waals surface area (Å²) >= 11 is 0. The van der Waals surface area contributed by atoms with Crippen LogP contribution in [0.5, 0.6) is 0 Å². The predicted molar refractivity (Wildman–Crippen MR) is 275 cm³/mol. The molecule has 0 spiro atoms. The molecule has 0 unspecified atom stereocenters. The summed E-state index contributed by atoms with van der Waals surface area (Å²) in [6.07, 6.45) is -1.08. The maximum atomic E-state index is 14.5. The van der Waals surface area contributed by atoms with Gasteiger partial charge in [0.25, 0.3) is 0 Å². The molecule has 1 saturated heterocycles. The number of aliphatic carboxylic acids is 1. The fourth-order valence-corrected chi connectivity index (χ4v) is 7.98. The Bertz CT molecular complexity index is 2130. The number of benzene rings is 2. The van der Waals surface area contributed by atoms with Gasteiger partial charge in [-0.05, 0) is 118 Å². The molecule has 73 heavy (non-hydrogen) atoms. The van der Waals surface area contributed by atoms with E-state index in [0.29, 0.717) is 12.8 Å². The Morgan fingerprint density at radius 2 is 1.14 bits per heavy atom. The average molecular weight is 1020 g/mol. The minimum absolute atomic E-state index is 0.0467. The molecule has 1 aliphatic rings. The second kappa shape index (κ2) is 28.0. The largest absolute Gasteiger partial charge is 0.481 e. The molecule has 0 radical (unpaired) electrons. The van der Waals surface area contributed by atoms with Crippen molar-refractivity contribution in [2.75, 3.05) is 32.7 Å². The van der Waals surface area contributed by atoms with E-state index in [9.17, 15) is 43.5 Å². The molecule has 2 aromatic carbocycles. The van der Waals surface area contributed by atoms with Crippen molar-refractivity contribution in [3.8, 4) is 0 Å². The Balaban J connectivity index is 1.89. The fourth-order valence-electron chi connectivity index (χ4n) is 7.98. The number of carbonyl (C=O) groups excluding carboxylic acids is 7. The number of likely N-dealkylation sites (tertiary alicyclic amines) is 1. The molecule has 1 heterocycles. The van der Waals surface area contributed by atoms with E-state index in [1.165, 1.54) is 9.80 Å². The van der Waals surface area contributed by atoms with Gasteiger partial charge in [-0.3, -0.25) is 19.2 Å². The molecule has 3 atom stereocenters. The summed E-state index contributed by atoms with van der Waals surface area (Å²) in [6.45, 7) is 19.9. The maximum Gasteiger partial charge on any atom is 0.408 e. The number of amides is 8. The van der Waals surface area contributed by atoms with Crippen molar-refractivity contribution in [3.63, 3.8) is 0 Å². The van der Waals surface area contributed by atoms with Crippen LogP contribution in [0.4, 0.5) is 19.2 Å². The molecule has 1 aliphatic heterocycles. The van der Waals surface area contributed by atoms with Crippen molar-refractivity contribution in [3.05, 3.63) is 71.8 Å². The van der Waals surface area contributed by atoms with Crippen LogP contribution >= 0.6 is 0 Å². The Kier molecular flexibility index (Phi) is 23.3. The van der Waals surface area contributed by atoms with Crippen molar-refractivity contribution in [2.24, 2.45) is 5.92 Å². The number of urea groups is 1. The molecule has 20 heteroatoms. The number of hydrogen-bond acceptors (Lipinski definition) is 11. The first-order chi connectivity index (χ1) is 34.0. The van der Waals surface area contributed by atoms with Gasteiger partial charge >= 0.3 is 30.3 Å². The highest BCUT2D eigenvalue weighted by molar-refractivity contribution is 5.94. The third kappa shape index (κ3) is 24.1. The molecular weight excluding hydrogens is 941 g/mol. The predicted octanol–water partition coefficient (Wildman–Crippen LogP) is 6.41. The minimum Gasteiger partial charge on any atom is -0.481 e. The molecule has 0 aromatic heterocycles. The lowest BCUT2D eigenvalue weighted by Crippen LogP contribution is -2.61. The van der Waals surface area contributed by atoms with Crippen LogP contribution in [0.15, 0.2) is 60.7 Å². The van der Waals surface area contributed by atoms with E-state index >= 15 is 0 Å². The molecule has 406 valence electrons. The molecule has 0 bridgehead atoms. The van der Waals surface area contributed by atoms with E-state index in [0.717, 1.165) is 11.1 Å². The summed E-state index contributed by atoms with van der Waals surface area (Å²) in [5.74, 6) is -2.99. The first-order valence-corrected chi connectivity index (χ1v) is 25.2. The number of nitrogens with zero attached hydrogens (tertiary/aromatic N) is 2. The van der Waals surface area contributed by atoms with E-state index in [4.69, 9.17) is 14.2 Å². The quantitative estimate of drug-likeness (QED) is 0.0471. The topological polar surface area (TPSA) is 263 Å². The van der Waals surface area contributed by atoms with E-state index < -0.39 is 94.9 Å². The highest BCUT2D eigenvalue weighted by Crippen LogP contribution is 2.28. The highest BCUT2D eigenvalue weighted by atomic mass is 16.6. The molecule has 0 aliphatic carbocycles. The van der Waals surface area contributed by atoms with Gasteiger partial charge in [0.15, 0.2) is 0 Å². The molecule has 3 rings (SSSR count). The van der Waals surface area contributed by atoms with Gasteiger partial charge in [-0.2, -0.15) is 0 Å². The number of nitrogens with one attached hydrogen (secondary N) is 6. The Morgan fingerprint density at radius 1 is 0.644 bits per heavy atom. The maximum absolute atomic E-state index is 14.5. The van der Waals surface area contributed by atoms with Crippen LogP contribution in [0.25, 0.3) is 0 Å². The van der Waals surface area contributed by atoms with Gasteiger partial charge in [-0.1, -0.05) is 74.5 Å². The summed E-state index contributed by atoms with van der Waals surface area (Å²) in [5, 5.41) is 26.7. The highest BCUT2D eigenvalue weighted by Gasteiger charge is 2.42. The second-order valence-corrected chi connectivity index (χ2v) is 22.0. The van der Waals surface area contributed by atoms with Crippen LogP contribution in [-0.2, 0) is 46.4 Å². The van der Waals surface area contributed by atoms with Crippen LogP contribution in [0, 0.1) is 5.92 Å². The molecule has 0 saturated carbocycles. The number of ether oxygens (including phenoxy) is 3. The lowest BCUT2D eigenvalue weighted by molar-refractivity contribution is -0.141. The zero-order valence-electron chi connectivity index (χ0n) is 44.8. The molecule has 1 fully saturated rings. The number of carbonyl (C=O) groups is 8. The molecule has 20 nitrogen and oxygen atoms in total. The van der Waals surface area contributed by atoms with Gasteiger partial charge in [0, 0.05) is 45.7 Å². The van der Waals surface area contributed by atoms with Crippen LogP contribution in [0.3, 0.4) is 0 Å². The van der Waals surface area contributed by atoms with Crippen molar-refractivity contribution in [2.45, 2.75) is 175 Å². The minimum atomic E-state index is -1.20. The van der Waals surface area contributed by atoms with E-state index in [2.05, 4.69) is 31.9 Å². The van der Waals surface area contributed by atoms with Crippen molar-refractivity contribution in [1.29, 1.82) is 0 Å². The Labute approximate surface area is 431 Å². The number of carboxylic acid groups (broad SMARTS) is 1. The average Bonchev–Trinajstić information content (AvgIpc) is 3.26. The van der Waals surface area contributed by atoms with E-state index in [1.54, 1.807) is 62.3 Å². The monoisotopic (exact) mass is 1020 g/mol. The number of alkyl carbamates (subject to hydrolysis) is 3. The molecule has 8 amide bonds. The summed E-state index contributed by atoms with van der Waals surface area (Å²) < 4.78 is 16.2. The lowest BCUT2D eigenvalue weighted by atomic mass is 9.84. The molecule has 7 N–H and O–H groups in total. The first kappa shape index (κ1) is 60.7. The third-order valence-corrected chi connectivity index (χ3v) is 11.3. The fraction of sp³-hybridized carbons (Fsp3) is 0.623. The van der Waals surface area contributed by atoms with Crippen LogP contribution < -0.4 is 31.9 Å². The van der Waals surface area contributed by atoms with Gasteiger partial charge in [-0.25, -0.2) is 19.2 Å². The third-order valence-electron chi connectivity index (χ3n) is 11.3. The van der Waals surface area contributed by atoms with Gasteiger partial charge in [-0.15, -0.1) is 0 Å². The van der Waals surface area contributed by atoms with Gasteiger partial charge in [0.05, 0.1) is 12.0 Å². The summed E-state index contributed by atoms with van der Waals surface area (Å²) in [5.41, 5.74) is -1.94. The van der Waals surface area contributed by atoms with E-state index in [-0.39, 0.29) is 77.3 Å². The Hall–Kier alpha value is -6.60. The number of unbranched alkanes of at least 4 members (excludes halogenated alkanes) is 1. The normalized spacial score (nSPS) is 14.8. The zero-order chi connectivity index (χ0) is 54.6. The number of rotatable bonds is 23. The number of carboxylic acids is 1. The van der Waals surface area contributed by atoms with Crippen LogP contribution in [-0.4, -0.2) is 136 Å². The lowest BCUT2D eigenvalue weighted by Gasteiger charge is -2.42. The van der Waals surface area contributed by atoms with Crippen molar-refractivity contribution < 1.29 is 57.7 Å². The molecule has 2 aromatic rings. The van der Waals surface area contributed by atoms with Gasteiger partial charge in [0.2, 0.25) is 17.7 Å². The second-order valence-electron chi connectivity index (χ2n) is 22.0. The first-order valence-electron chi connectivity index (χ1n) is 25.2. The molecular formula is C53H82N8O12. The number of hydrogen-bond donors (Lipinski definition) is 7. The summed E-state index contributed by atoms with van der Waals surface area (Å²) in [4.78, 5) is 111. The zero-order valence-corrected chi connectivity index (χ0v) is 44.8. The Morgan fingerprint density at radius 3 is 1.66 bits per heavy atom. The van der Waals surface area contributed by atoms with E-state index in [1.807, 2.05) is 74.5 Å². The SMILES string of the molecule is CC(C)C[C@@H](NC(=O)[C@@H](Cc1ccccc1)NC(=O)N(CCNC(=O)OC(C)(C)C)Cc1ccccc1)C(=O)N[C@H](CCCCNC(=O)OC(C)(C)C)C(=O)N1CCC(CC(=O)O)(NC(=O)OC(C)(C)C)CC1. The van der Waals surface area contributed by atoms with Gasteiger partial charge in [0.1, 0.15) is 34.9 Å². The smallest absolute Gasteiger partial charge is 0.408 e. The number of piperidine rings is 1. The van der Waals surface area contributed by atoms with Crippen LogP contribution in [0.2, 0.25) is 0 Å². The standard InChI is InChI=1S/C53H82N8O12/c1-36(2)32-40(57-44(65)41(33-37-20-14-12-15-21-37)58-46(67)61(35-38-22-16-13-17-23-38)31-28-55-48(69)72-51(6,7)8)43(64)56-39(24-18-19-27-54-47(68)71-50(3,4)5)45(66)60-29-25-53(26-30-60,34-42(62)63)59-49(70)73-52(9,10)11/h12-17,20-23,36,39-41H,18-19,24-35H2,1-11H3,(H,54,68)(H,55,69)(H,56,64)(H,57,65)(H,58,67)(H,59,70)(H,62,63)/t39-,40-,41-/m1/s1. The van der Waals surface area contributed by atoms with Crippen molar-refractivity contribution in [1.82, 2.24) is 41.7 Å². The summed E-state index contributed by atoms with van der Waals surface area (Å²) in [6, 6.07) is 14.3. The summed E-state index contributed by atoms with van der Waals surface area (Å²) in [7, 11) is 0. The van der Waals surface area contributed by atoms with Crippen LogP contribution in [0.1, 0.15) is 132 Å².